The maximum Gasteiger partial charge on any atom is 0.318 e. The van der Waals surface area contributed by atoms with Crippen LogP contribution in [0.25, 0.3) is 0 Å². The molecule has 0 radical (unpaired) electrons. The Bertz CT molecular complexity index is 934. The van der Waals surface area contributed by atoms with Crippen LogP contribution in [0, 0.1) is 5.92 Å². The van der Waals surface area contributed by atoms with Crippen LogP contribution in [0.3, 0.4) is 0 Å². The van der Waals surface area contributed by atoms with Crippen LogP contribution in [0.1, 0.15) is 36.8 Å². The molecule has 4 rings (SSSR count). The minimum absolute atomic E-state index is 0.179. The van der Waals surface area contributed by atoms with E-state index in [0.717, 1.165) is 0 Å². The third-order valence-corrected chi connectivity index (χ3v) is 5.72. The molecule has 0 unspecified atom stereocenters. The van der Waals surface area contributed by atoms with E-state index in [1.54, 1.807) is 11.8 Å². The normalized spacial score (nSPS) is 16.0. The minimum Gasteiger partial charge on any atom is -0.466 e. The van der Waals surface area contributed by atoms with Gasteiger partial charge in [-0.3, -0.25) is 14.4 Å². The van der Waals surface area contributed by atoms with Gasteiger partial charge in [-0.1, -0.05) is 36.4 Å². The highest BCUT2D eigenvalue weighted by Gasteiger charge is 2.34. The highest BCUT2D eigenvalue weighted by atomic mass is 16.5. The number of carbonyl (C=O) groups excluding carboxylic acids is 3. The van der Waals surface area contributed by atoms with Gasteiger partial charge in [-0.05, 0) is 31.9 Å². The maximum absolute atomic E-state index is 13.0. The van der Waals surface area contributed by atoms with Crippen LogP contribution in [0.15, 0.2) is 48.5 Å². The quantitative estimate of drug-likeness (QED) is 0.687. The number of hydrogen-bond acceptors (Lipinski definition) is 6. The van der Waals surface area contributed by atoms with Gasteiger partial charge >= 0.3 is 11.9 Å². The monoisotopic (exact) mass is 423 g/mol. The summed E-state index contributed by atoms with van der Waals surface area (Å²) in [5.41, 5.74) is 1.43. The molecule has 162 valence electrons. The van der Waals surface area contributed by atoms with Crippen molar-refractivity contribution in [3.63, 3.8) is 0 Å². The van der Waals surface area contributed by atoms with Gasteiger partial charge in [0.15, 0.2) is 6.61 Å². The van der Waals surface area contributed by atoms with Gasteiger partial charge in [0.2, 0.25) is 0 Å². The number of piperidine rings is 1. The Morgan fingerprint density at radius 1 is 0.903 bits per heavy atom. The Balaban J connectivity index is 1.39. The van der Waals surface area contributed by atoms with Gasteiger partial charge in [0.25, 0.3) is 5.91 Å². The SMILES string of the molecule is CCOC(=O)C1CCN(C(=O)COC(=O)C2c3ccccc3Oc3ccccc32)CC1. The zero-order valence-electron chi connectivity index (χ0n) is 17.4. The predicted octanol–water partition coefficient (Wildman–Crippen LogP) is 3.27. The van der Waals surface area contributed by atoms with Crippen LogP contribution in [0.4, 0.5) is 0 Å². The third kappa shape index (κ3) is 4.40. The number of esters is 2. The topological polar surface area (TPSA) is 82.1 Å². The number of benzene rings is 2. The summed E-state index contributed by atoms with van der Waals surface area (Å²) in [5.74, 6) is -0.573. The first-order valence-electron chi connectivity index (χ1n) is 10.5. The molecule has 0 atom stereocenters. The van der Waals surface area contributed by atoms with Crippen LogP contribution in [0.5, 0.6) is 11.5 Å². The minimum atomic E-state index is -0.650. The number of likely N-dealkylation sites (tertiary alicyclic amines) is 1. The van der Waals surface area contributed by atoms with Gasteiger partial charge in [0.05, 0.1) is 12.5 Å². The summed E-state index contributed by atoms with van der Waals surface area (Å²) < 4.78 is 16.4. The highest BCUT2D eigenvalue weighted by Crippen LogP contribution is 2.44. The molecule has 7 nitrogen and oxygen atoms in total. The molecule has 0 bridgehead atoms. The Hall–Kier alpha value is -3.35. The van der Waals surface area contributed by atoms with Gasteiger partial charge in [-0.15, -0.1) is 0 Å². The lowest BCUT2D eigenvalue weighted by molar-refractivity contribution is -0.155. The van der Waals surface area contributed by atoms with Crippen LogP contribution < -0.4 is 4.74 Å². The molecule has 0 N–H and O–H groups in total. The van der Waals surface area contributed by atoms with Crippen molar-refractivity contribution in [1.82, 2.24) is 4.90 Å². The number of amides is 1. The summed E-state index contributed by atoms with van der Waals surface area (Å²) in [4.78, 5) is 39.1. The molecular formula is C24H25NO6. The second-order valence-corrected chi connectivity index (χ2v) is 7.63. The first-order valence-corrected chi connectivity index (χ1v) is 10.5. The fraction of sp³-hybridized carbons (Fsp3) is 0.375. The van der Waals surface area contributed by atoms with Crippen LogP contribution in [-0.2, 0) is 23.9 Å². The summed E-state index contributed by atoms with van der Waals surface area (Å²) in [6.07, 6.45) is 1.11. The van der Waals surface area contributed by atoms with E-state index in [1.165, 1.54) is 0 Å². The van der Waals surface area contributed by atoms with Gasteiger partial charge in [-0.2, -0.15) is 0 Å². The van der Waals surface area contributed by atoms with E-state index < -0.39 is 11.9 Å². The van der Waals surface area contributed by atoms with Crippen molar-refractivity contribution in [3.8, 4) is 11.5 Å². The molecule has 2 aliphatic heterocycles. The molecule has 2 aliphatic rings. The average molecular weight is 423 g/mol. The zero-order valence-corrected chi connectivity index (χ0v) is 17.4. The number of rotatable bonds is 5. The number of nitrogens with zero attached hydrogens (tertiary/aromatic N) is 1. The smallest absolute Gasteiger partial charge is 0.318 e. The first kappa shape index (κ1) is 20.9. The highest BCUT2D eigenvalue weighted by molar-refractivity contribution is 5.88. The third-order valence-electron chi connectivity index (χ3n) is 5.72. The lowest BCUT2D eigenvalue weighted by Gasteiger charge is -2.31. The molecular weight excluding hydrogens is 398 g/mol. The summed E-state index contributed by atoms with van der Waals surface area (Å²) in [6, 6.07) is 14.7. The fourth-order valence-corrected chi connectivity index (χ4v) is 4.10. The van der Waals surface area contributed by atoms with E-state index in [2.05, 4.69) is 0 Å². The van der Waals surface area contributed by atoms with Crippen molar-refractivity contribution < 1.29 is 28.6 Å². The molecule has 7 heteroatoms. The van der Waals surface area contributed by atoms with Crippen molar-refractivity contribution in [1.29, 1.82) is 0 Å². The van der Waals surface area contributed by atoms with E-state index in [0.29, 0.717) is 55.2 Å². The Labute approximate surface area is 180 Å². The van der Waals surface area contributed by atoms with E-state index in [4.69, 9.17) is 14.2 Å². The van der Waals surface area contributed by atoms with Gasteiger partial charge in [0, 0.05) is 24.2 Å². The number of fused-ring (bicyclic) bond motifs is 2. The van der Waals surface area contributed by atoms with Crippen molar-refractivity contribution in [2.75, 3.05) is 26.3 Å². The lowest BCUT2D eigenvalue weighted by Crippen LogP contribution is -2.42. The first-order chi connectivity index (χ1) is 15.1. The molecule has 0 spiro atoms. The van der Waals surface area contributed by atoms with E-state index in [9.17, 15) is 14.4 Å². The van der Waals surface area contributed by atoms with Crippen molar-refractivity contribution in [2.24, 2.45) is 5.92 Å². The van der Waals surface area contributed by atoms with E-state index in [1.807, 2.05) is 48.5 Å². The van der Waals surface area contributed by atoms with E-state index in [-0.39, 0.29) is 24.4 Å². The van der Waals surface area contributed by atoms with Gasteiger partial charge in [-0.25, -0.2) is 0 Å². The van der Waals surface area contributed by atoms with Crippen molar-refractivity contribution in [2.45, 2.75) is 25.7 Å². The van der Waals surface area contributed by atoms with E-state index >= 15 is 0 Å². The zero-order chi connectivity index (χ0) is 21.8. The molecule has 1 amide bonds. The molecule has 2 heterocycles. The average Bonchev–Trinajstić information content (AvgIpc) is 2.81. The summed E-state index contributed by atoms with van der Waals surface area (Å²) >= 11 is 0. The molecule has 0 aliphatic carbocycles. The van der Waals surface area contributed by atoms with Crippen molar-refractivity contribution >= 4 is 17.8 Å². The van der Waals surface area contributed by atoms with Crippen LogP contribution >= 0.6 is 0 Å². The van der Waals surface area contributed by atoms with Gasteiger partial charge < -0.3 is 19.1 Å². The number of carbonyl (C=O) groups is 3. The van der Waals surface area contributed by atoms with Gasteiger partial charge in [0.1, 0.15) is 17.4 Å². The summed E-state index contributed by atoms with van der Waals surface area (Å²) in [6.45, 7) is 2.70. The Morgan fingerprint density at radius 3 is 2.06 bits per heavy atom. The molecule has 31 heavy (non-hydrogen) atoms. The fourth-order valence-electron chi connectivity index (χ4n) is 4.10. The van der Waals surface area contributed by atoms with Crippen molar-refractivity contribution in [3.05, 3.63) is 59.7 Å². The van der Waals surface area contributed by atoms with Crippen LogP contribution in [0.2, 0.25) is 0 Å². The molecule has 0 aromatic heterocycles. The number of hydrogen-bond donors (Lipinski definition) is 0. The molecule has 0 saturated carbocycles. The number of ether oxygens (including phenoxy) is 3. The lowest BCUT2D eigenvalue weighted by atomic mass is 9.88. The summed E-state index contributed by atoms with van der Waals surface area (Å²) in [7, 11) is 0. The summed E-state index contributed by atoms with van der Waals surface area (Å²) in [5, 5.41) is 0. The molecule has 1 fully saturated rings. The molecule has 2 aromatic carbocycles. The standard InChI is InChI=1S/C24H25NO6/c1-2-29-23(27)16-11-13-25(14-12-16)21(26)15-30-24(28)22-17-7-3-5-9-19(17)31-20-10-6-4-8-18(20)22/h3-10,16,22H,2,11-15H2,1H3. The predicted molar refractivity (Wildman–Crippen MR) is 112 cm³/mol. The molecule has 1 saturated heterocycles. The Morgan fingerprint density at radius 2 is 1.48 bits per heavy atom. The maximum atomic E-state index is 13.0. The van der Waals surface area contributed by atoms with Crippen LogP contribution in [-0.4, -0.2) is 49.0 Å². The second kappa shape index (κ2) is 9.20. The Kier molecular flexibility index (Phi) is 6.21. The molecule has 2 aromatic rings. The number of para-hydroxylation sites is 2. The largest absolute Gasteiger partial charge is 0.466 e. The second-order valence-electron chi connectivity index (χ2n) is 7.63.